The number of hydrogen-bond donors (Lipinski definition) is 1. The third-order valence-corrected chi connectivity index (χ3v) is 5.46. The minimum atomic E-state index is 0. The smallest absolute Gasteiger partial charge is 0.194 e. The summed E-state index contributed by atoms with van der Waals surface area (Å²) < 4.78 is 0. The summed E-state index contributed by atoms with van der Waals surface area (Å²) in [4.78, 5) is 15.1. The number of aliphatic imine (C=N–C) groups is 1. The van der Waals surface area contributed by atoms with Gasteiger partial charge in [-0.15, -0.1) is 35.3 Å². The predicted octanol–water partition coefficient (Wildman–Crippen LogP) is 4.01. The van der Waals surface area contributed by atoms with Crippen molar-refractivity contribution in [2.45, 2.75) is 20.4 Å². The fraction of sp³-hybridized carbons (Fsp3) is 0.444. The monoisotopic (exact) mass is 505 g/mol. The molecule has 0 atom stereocenters. The van der Waals surface area contributed by atoms with Crippen LogP contribution in [0.4, 0.5) is 5.69 Å². The SMILES string of the molecule is CCNC(=NCc1scnc1C)N1CCN(c2cccc(Cl)c2)CC1.I. The number of aryl methyl sites for hydroxylation is 1. The van der Waals surface area contributed by atoms with Crippen molar-refractivity contribution in [3.05, 3.63) is 45.4 Å². The molecule has 0 saturated carbocycles. The number of nitrogens with one attached hydrogen (secondary N) is 1. The van der Waals surface area contributed by atoms with Crippen LogP contribution in [-0.2, 0) is 6.54 Å². The molecule has 1 saturated heterocycles. The number of benzene rings is 1. The lowest BCUT2D eigenvalue weighted by Crippen LogP contribution is -2.52. The summed E-state index contributed by atoms with van der Waals surface area (Å²) in [6, 6.07) is 8.07. The fourth-order valence-corrected chi connectivity index (χ4v) is 3.78. The first-order valence-electron chi connectivity index (χ1n) is 8.60. The number of thiazole rings is 1. The van der Waals surface area contributed by atoms with E-state index in [1.165, 1.54) is 10.6 Å². The second kappa shape index (κ2) is 10.3. The Morgan fingerprint density at radius 2 is 2.08 bits per heavy atom. The number of halogens is 2. The van der Waals surface area contributed by atoms with Gasteiger partial charge in [-0.2, -0.15) is 0 Å². The van der Waals surface area contributed by atoms with Gasteiger partial charge in [0.15, 0.2) is 5.96 Å². The van der Waals surface area contributed by atoms with E-state index in [0.29, 0.717) is 6.54 Å². The molecule has 0 spiro atoms. The number of rotatable bonds is 4. The molecule has 142 valence electrons. The molecule has 0 radical (unpaired) electrons. The number of hydrogen-bond acceptors (Lipinski definition) is 4. The fourth-order valence-electron chi connectivity index (χ4n) is 2.90. The summed E-state index contributed by atoms with van der Waals surface area (Å²) in [6.07, 6.45) is 0. The molecule has 0 bridgehead atoms. The molecular formula is C18H25ClIN5S. The number of guanidine groups is 1. The van der Waals surface area contributed by atoms with Gasteiger partial charge in [0.25, 0.3) is 0 Å². The zero-order valence-electron chi connectivity index (χ0n) is 15.1. The van der Waals surface area contributed by atoms with Gasteiger partial charge in [0.2, 0.25) is 0 Å². The van der Waals surface area contributed by atoms with Gasteiger partial charge in [-0.1, -0.05) is 17.7 Å². The van der Waals surface area contributed by atoms with Crippen LogP contribution in [0.25, 0.3) is 0 Å². The Balaban J connectivity index is 0.00000243. The Morgan fingerprint density at radius 1 is 1.31 bits per heavy atom. The Bertz CT molecular complexity index is 728. The van der Waals surface area contributed by atoms with Gasteiger partial charge in [0.1, 0.15) is 0 Å². The number of aromatic nitrogens is 1. The van der Waals surface area contributed by atoms with E-state index in [0.717, 1.165) is 49.4 Å². The number of piperazine rings is 1. The van der Waals surface area contributed by atoms with Crippen LogP contribution in [0.3, 0.4) is 0 Å². The highest BCUT2D eigenvalue weighted by atomic mass is 127. The highest BCUT2D eigenvalue weighted by molar-refractivity contribution is 14.0. The molecule has 26 heavy (non-hydrogen) atoms. The van der Waals surface area contributed by atoms with Crippen molar-refractivity contribution >= 4 is 58.6 Å². The van der Waals surface area contributed by atoms with E-state index < -0.39 is 0 Å². The average Bonchev–Trinajstić information content (AvgIpc) is 3.04. The highest BCUT2D eigenvalue weighted by Crippen LogP contribution is 2.21. The molecule has 0 amide bonds. The van der Waals surface area contributed by atoms with Gasteiger partial charge in [-0.05, 0) is 32.0 Å². The van der Waals surface area contributed by atoms with E-state index in [2.05, 4.69) is 33.1 Å². The van der Waals surface area contributed by atoms with Gasteiger partial charge >= 0.3 is 0 Å². The van der Waals surface area contributed by atoms with E-state index in [4.69, 9.17) is 16.6 Å². The van der Waals surface area contributed by atoms with Gasteiger partial charge in [0.05, 0.1) is 17.7 Å². The summed E-state index contributed by atoms with van der Waals surface area (Å²) in [6.45, 7) is 9.52. The van der Waals surface area contributed by atoms with Crippen LogP contribution in [0.1, 0.15) is 17.5 Å². The van der Waals surface area contributed by atoms with Crippen molar-refractivity contribution in [3.63, 3.8) is 0 Å². The summed E-state index contributed by atoms with van der Waals surface area (Å²) in [5.41, 5.74) is 4.15. The van der Waals surface area contributed by atoms with E-state index in [-0.39, 0.29) is 24.0 Å². The molecule has 3 rings (SSSR count). The Labute approximate surface area is 181 Å². The van der Waals surface area contributed by atoms with Crippen molar-refractivity contribution in [1.82, 2.24) is 15.2 Å². The third kappa shape index (κ3) is 5.47. The lowest BCUT2D eigenvalue weighted by atomic mass is 10.2. The van der Waals surface area contributed by atoms with E-state index in [1.54, 1.807) is 11.3 Å². The molecule has 0 aliphatic carbocycles. The second-order valence-corrected chi connectivity index (χ2v) is 7.36. The van der Waals surface area contributed by atoms with Gasteiger partial charge in [0, 0.05) is 48.3 Å². The molecule has 1 fully saturated rings. The first kappa shape index (κ1) is 21.2. The molecule has 1 aromatic heterocycles. The first-order valence-corrected chi connectivity index (χ1v) is 9.86. The van der Waals surface area contributed by atoms with E-state index in [9.17, 15) is 0 Å². The Hall–Kier alpha value is -1.06. The summed E-state index contributed by atoms with van der Waals surface area (Å²) in [5.74, 6) is 0.987. The average molecular weight is 506 g/mol. The Morgan fingerprint density at radius 3 is 2.69 bits per heavy atom. The first-order chi connectivity index (χ1) is 12.2. The molecule has 2 heterocycles. The number of anilines is 1. The molecule has 1 aromatic carbocycles. The van der Waals surface area contributed by atoms with Crippen LogP contribution < -0.4 is 10.2 Å². The maximum absolute atomic E-state index is 6.12. The van der Waals surface area contributed by atoms with Crippen molar-refractivity contribution in [3.8, 4) is 0 Å². The van der Waals surface area contributed by atoms with Crippen molar-refractivity contribution in [2.75, 3.05) is 37.6 Å². The minimum Gasteiger partial charge on any atom is -0.368 e. The standard InChI is InChI=1S/C18H24ClN5S.HI/c1-3-20-18(21-12-17-14(2)22-13-25-17)24-9-7-23(8-10-24)16-6-4-5-15(19)11-16;/h4-6,11,13H,3,7-10,12H2,1-2H3,(H,20,21);1H. The van der Waals surface area contributed by atoms with Crippen LogP contribution in [0.15, 0.2) is 34.8 Å². The predicted molar refractivity (Wildman–Crippen MR) is 122 cm³/mol. The Kier molecular flexibility index (Phi) is 8.43. The molecule has 1 aliphatic rings. The van der Waals surface area contributed by atoms with Crippen LogP contribution in [0, 0.1) is 6.92 Å². The van der Waals surface area contributed by atoms with Crippen LogP contribution in [-0.4, -0.2) is 48.6 Å². The molecular weight excluding hydrogens is 481 g/mol. The zero-order chi connectivity index (χ0) is 17.6. The van der Waals surface area contributed by atoms with Crippen LogP contribution in [0.2, 0.25) is 5.02 Å². The van der Waals surface area contributed by atoms with Gasteiger partial charge < -0.3 is 15.1 Å². The van der Waals surface area contributed by atoms with Crippen molar-refractivity contribution in [2.24, 2.45) is 4.99 Å². The second-order valence-electron chi connectivity index (χ2n) is 5.99. The minimum absolute atomic E-state index is 0. The van der Waals surface area contributed by atoms with Crippen molar-refractivity contribution in [1.29, 1.82) is 0 Å². The zero-order valence-corrected chi connectivity index (χ0v) is 19.0. The molecule has 1 N–H and O–H groups in total. The topological polar surface area (TPSA) is 43.8 Å². The van der Waals surface area contributed by atoms with Gasteiger partial charge in [-0.25, -0.2) is 9.98 Å². The van der Waals surface area contributed by atoms with Crippen LogP contribution >= 0.6 is 46.9 Å². The summed E-state index contributed by atoms with van der Waals surface area (Å²) >= 11 is 7.79. The molecule has 5 nitrogen and oxygen atoms in total. The van der Waals surface area contributed by atoms with Crippen LogP contribution in [0.5, 0.6) is 0 Å². The molecule has 8 heteroatoms. The van der Waals surface area contributed by atoms with E-state index >= 15 is 0 Å². The number of nitrogens with zero attached hydrogens (tertiary/aromatic N) is 4. The molecule has 0 unspecified atom stereocenters. The molecule has 2 aromatic rings. The quantitative estimate of drug-likeness (QED) is 0.387. The van der Waals surface area contributed by atoms with E-state index in [1.807, 2.05) is 30.6 Å². The lowest BCUT2D eigenvalue weighted by Gasteiger charge is -2.37. The maximum Gasteiger partial charge on any atom is 0.194 e. The van der Waals surface area contributed by atoms with Gasteiger partial charge in [-0.3, -0.25) is 0 Å². The normalized spacial score (nSPS) is 15.0. The lowest BCUT2D eigenvalue weighted by molar-refractivity contribution is 0.372. The summed E-state index contributed by atoms with van der Waals surface area (Å²) in [7, 11) is 0. The molecule has 1 aliphatic heterocycles. The van der Waals surface area contributed by atoms with Crippen molar-refractivity contribution < 1.29 is 0 Å². The largest absolute Gasteiger partial charge is 0.368 e. The summed E-state index contributed by atoms with van der Waals surface area (Å²) in [5, 5.41) is 4.21. The maximum atomic E-state index is 6.12. The highest BCUT2D eigenvalue weighted by Gasteiger charge is 2.20. The third-order valence-electron chi connectivity index (χ3n) is 4.30.